The molecule has 0 aliphatic carbocycles. The molecule has 1 fully saturated rings. The maximum absolute atomic E-state index is 9.97. The van der Waals surface area contributed by atoms with Gasteiger partial charge >= 0.3 is 0 Å². The fraction of sp³-hybridized carbons (Fsp3) is 0.600. The largest absolute Gasteiger partial charge is 0.386 e. The summed E-state index contributed by atoms with van der Waals surface area (Å²) in [6.45, 7) is 3.25. The first-order valence-electron chi connectivity index (χ1n) is 4.72. The summed E-state index contributed by atoms with van der Waals surface area (Å²) in [5, 5.41) is 15.3. The fourth-order valence-electron chi connectivity index (χ4n) is 1.85. The molecule has 3 atom stereocenters. The van der Waals surface area contributed by atoms with Crippen molar-refractivity contribution in [3.05, 3.63) is 22.4 Å². The fourth-order valence-corrected chi connectivity index (χ4v) is 2.63. The van der Waals surface area contributed by atoms with Crippen molar-refractivity contribution < 1.29 is 5.11 Å². The summed E-state index contributed by atoms with van der Waals surface area (Å²) in [4.78, 5) is 1.08. The molecule has 2 nitrogen and oxygen atoms in total. The molecule has 1 unspecified atom stereocenters. The molecule has 2 N–H and O–H groups in total. The predicted molar refractivity (Wildman–Crippen MR) is 54.9 cm³/mol. The van der Waals surface area contributed by atoms with Gasteiger partial charge in [-0.25, -0.2) is 0 Å². The first-order chi connectivity index (χ1) is 6.27. The lowest BCUT2D eigenvalue weighted by Crippen LogP contribution is -2.28. The van der Waals surface area contributed by atoms with E-state index in [-0.39, 0.29) is 12.1 Å². The number of hydrogen-bond acceptors (Lipinski definition) is 3. The van der Waals surface area contributed by atoms with E-state index in [0.29, 0.717) is 5.92 Å². The molecule has 0 amide bonds. The second-order valence-corrected chi connectivity index (χ2v) is 4.80. The molecule has 0 bridgehead atoms. The van der Waals surface area contributed by atoms with E-state index in [2.05, 4.69) is 12.2 Å². The van der Waals surface area contributed by atoms with Crippen molar-refractivity contribution in [3.8, 4) is 0 Å². The van der Waals surface area contributed by atoms with Gasteiger partial charge in [0.1, 0.15) is 6.10 Å². The van der Waals surface area contributed by atoms with Gasteiger partial charge in [0.25, 0.3) is 0 Å². The molecule has 0 aromatic carbocycles. The van der Waals surface area contributed by atoms with E-state index in [1.807, 2.05) is 17.5 Å². The van der Waals surface area contributed by atoms with Crippen LogP contribution in [0.4, 0.5) is 0 Å². The predicted octanol–water partition coefficient (Wildman–Crippen LogP) is 1.78. The summed E-state index contributed by atoms with van der Waals surface area (Å²) in [5.74, 6) is 0.694. The van der Waals surface area contributed by atoms with Crippen LogP contribution in [-0.2, 0) is 0 Å². The first kappa shape index (κ1) is 9.19. The number of aliphatic hydroxyl groups is 1. The van der Waals surface area contributed by atoms with Crippen LogP contribution in [0.5, 0.6) is 0 Å². The Kier molecular flexibility index (Phi) is 2.67. The lowest BCUT2D eigenvalue weighted by molar-refractivity contribution is 0.139. The number of aliphatic hydroxyl groups excluding tert-OH is 1. The van der Waals surface area contributed by atoms with Crippen molar-refractivity contribution >= 4 is 11.3 Å². The third-order valence-electron chi connectivity index (χ3n) is 2.60. The van der Waals surface area contributed by atoms with Crippen LogP contribution in [0.2, 0.25) is 0 Å². The van der Waals surface area contributed by atoms with E-state index in [0.717, 1.165) is 17.8 Å². The number of thiophene rings is 1. The van der Waals surface area contributed by atoms with Gasteiger partial charge in [-0.3, -0.25) is 0 Å². The van der Waals surface area contributed by atoms with Gasteiger partial charge in [0.2, 0.25) is 0 Å². The Hall–Kier alpha value is -0.380. The summed E-state index contributed by atoms with van der Waals surface area (Å²) in [7, 11) is 0. The second-order valence-electron chi connectivity index (χ2n) is 3.82. The normalized spacial score (nSPS) is 30.6. The topological polar surface area (TPSA) is 32.3 Å². The zero-order chi connectivity index (χ0) is 9.26. The Bertz CT molecular complexity index is 260. The van der Waals surface area contributed by atoms with Gasteiger partial charge in [0.15, 0.2) is 0 Å². The molecule has 0 saturated carbocycles. The summed E-state index contributed by atoms with van der Waals surface area (Å²) in [5.41, 5.74) is 0. The Morgan fingerprint density at radius 3 is 3.08 bits per heavy atom. The number of nitrogens with one attached hydrogen (secondary N) is 1. The minimum Gasteiger partial charge on any atom is -0.386 e. The van der Waals surface area contributed by atoms with Gasteiger partial charge in [-0.1, -0.05) is 13.0 Å². The van der Waals surface area contributed by atoms with Crippen molar-refractivity contribution in [2.75, 3.05) is 6.54 Å². The van der Waals surface area contributed by atoms with Gasteiger partial charge < -0.3 is 10.4 Å². The van der Waals surface area contributed by atoms with Crippen LogP contribution < -0.4 is 5.32 Å². The average molecular weight is 197 g/mol. The van der Waals surface area contributed by atoms with E-state index in [4.69, 9.17) is 0 Å². The maximum Gasteiger partial charge on any atom is 0.103 e. The zero-order valence-corrected chi connectivity index (χ0v) is 8.55. The Balaban J connectivity index is 2.02. The molecule has 1 aliphatic heterocycles. The average Bonchev–Trinajstić information content (AvgIpc) is 2.72. The molecule has 72 valence electrons. The lowest BCUT2D eigenvalue weighted by Gasteiger charge is -2.16. The SMILES string of the molecule is C[C@@H]1CN[C@@H](C(O)c2cccs2)C1. The maximum atomic E-state index is 9.97. The third-order valence-corrected chi connectivity index (χ3v) is 3.54. The van der Waals surface area contributed by atoms with Gasteiger partial charge in [-0.15, -0.1) is 11.3 Å². The van der Waals surface area contributed by atoms with Crippen LogP contribution in [0.15, 0.2) is 17.5 Å². The standard InChI is InChI=1S/C10H15NOS/c1-7-5-8(11-6-7)10(12)9-3-2-4-13-9/h2-4,7-8,10-12H,5-6H2,1H3/t7-,8+,10?/m0/s1. The Morgan fingerprint density at radius 2 is 2.54 bits per heavy atom. The van der Waals surface area contributed by atoms with Gasteiger partial charge in [0.05, 0.1) is 0 Å². The summed E-state index contributed by atoms with van der Waals surface area (Å²) in [6, 6.07) is 4.25. The first-order valence-corrected chi connectivity index (χ1v) is 5.60. The van der Waals surface area contributed by atoms with Crippen molar-refractivity contribution in [2.24, 2.45) is 5.92 Å². The molecule has 1 aromatic rings. The van der Waals surface area contributed by atoms with Crippen LogP contribution >= 0.6 is 11.3 Å². The quantitative estimate of drug-likeness (QED) is 0.757. The molecule has 2 rings (SSSR count). The van der Waals surface area contributed by atoms with Gasteiger partial charge in [-0.05, 0) is 30.3 Å². The minimum absolute atomic E-state index is 0.258. The van der Waals surface area contributed by atoms with E-state index < -0.39 is 0 Å². The molecular formula is C10H15NOS. The molecule has 0 radical (unpaired) electrons. The van der Waals surface area contributed by atoms with Gasteiger partial charge in [0, 0.05) is 10.9 Å². The van der Waals surface area contributed by atoms with E-state index >= 15 is 0 Å². The molecule has 2 heterocycles. The summed E-state index contributed by atoms with van der Waals surface area (Å²) < 4.78 is 0. The van der Waals surface area contributed by atoms with Crippen molar-refractivity contribution in [1.29, 1.82) is 0 Å². The second kappa shape index (κ2) is 3.78. The monoisotopic (exact) mass is 197 g/mol. The lowest BCUT2D eigenvalue weighted by atomic mass is 10.0. The van der Waals surface area contributed by atoms with E-state index in [1.54, 1.807) is 11.3 Å². The van der Waals surface area contributed by atoms with Crippen LogP contribution in [0.1, 0.15) is 24.3 Å². The molecule has 1 aromatic heterocycles. The van der Waals surface area contributed by atoms with E-state index in [9.17, 15) is 5.11 Å². The smallest absolute Gasteiger partial charge is 0.103 e. The van der Waals surface area contributed by atoms with Gasteiger partial charge in [-0.2, -0.15) is 0 Å². The highest BCUT2D eigenvalue weighted by Crippen LogP contribution is 2.27. The Morgan fingerprint density at radius 1 is 1.69 bits per heavy atom. The third kappa shape index (κ3) is 1.93. The number of hydrogen-bond donors (Lipinski definition) is 2. The van der Waals surface area contributed by atoms with Crippen LogP contribution in [0.3, 0.4) is 0 Å². The molecular weight excluding hydrogens is 182 g/mol. The van der Waals surface area contributed by atoms with Crippen LogP contribution in [0.25, 0.3) is 0 Å². The zero-order valence-electron chi connectivity index (χ0n) is 7.73. The summed E-state index contributed by atoms with van der Waals surface area (Å²) in [6.07, 6.45) is 0.768. The van der Waals surface area contributed by atoms with Crippen molar-refractivity contribution in [3.63, 3.8) is 0 Å². The summed E-state index contributed by atoms with van der Waals surface area (Å²) >= 11 is 1.63. The molecule has 13 heavy (non-hydrogen) atoms. The molecule has 3 heteroatoms. The molecule has 1 saturated heterocycles. The van der Waals surface area contributed by atoms with Crippen LogP contribution in [-0.4, -0.2) is 17.7 Å². The minimum atomic E-state index is -0.315. The van der Waals surface area contributed by atoms with E-state index in [1.165, 1.54) is 0 Å². The highest BCUT2D eigenvalue weighted by atomic mass is 32.1. The highest BCUT2D eigenvalue weighted by Gasteiger charge is 2.28. The number of rotatable bonds is 2. The van der Waals surface area contributed by atoms with Crippen molar-refractivity contribution in [2.45, 2.75) is 25.5 Å². The van der Waals surface area contributed by atoms with Crippen molar-refractivity contribution in [1.82, 2.24) is 5.32 Å². The van der Waals surface area contributed by atoms with Crippen LogP contribution in [0, 0.1) is 5.92 Å². The molecule has 1 aliphatic rings. The molecule has 0 spiro atoms. The Labute approximate surface area is 82.6 Å². The highest BCUT2D eigenvalue weighted by molar-refractivity contribution is 7.10.